The summed E-state index contributed by atoms with van der Waals surface area (Å²) in [5.41, 5.74) is 21.1. The van der Waals surface area contributed by atoms with Gasteiger partial charge < -0.3 is 9.80 Å². The van der Waals surface area contributed by atoms with Crippen molar-refractivity contribution in [2.24, 2.45) is 0 Å². The van der Waals surface area contributed by atoms with Crippen LogP contribution < -0.4 is 9.80 Å². The van der Waals surface area contributed by atoms with Crippen LogP contribution in [-0.4, -0.2) is 0 Å². The van der Waals surface area contributed by atoms with Crippen molar-refractivity contribution < 1.29 is 0 Å². The van der Waals surface area contributed by atoms with Gasteiger partial charge in [0, 0.05) is 34.0 Å². The standard InChI is InChI=1S/C61H42N2/c1-6-20-43(21-7-1)44-34-36-49(37-35-44)62(46-24-10-3-11-25-46)50-38-39-53-51-30-16-18-32-56(51)61(58(53)40-50)57-33-19-17-31-52(57)55-41-54(45-22-8-2-9-23-45)60(42-59(55)61)63(47-26-12-4-13-27-47)48-28-14-5-15-29-48/h1-42H. The number of nitrogens with zero attached hydrogens (tertiary/aromatic N) is 2. The maximum atomic E-state index is 2.52. The molecular weight excluding hydrogens is 761 g/mol. The van der Waals surface area contributed by atoms with Crippen molar-refractivity contribution >= 4 is 34.1 Å². The summed E-state index contributed by atoms with van der Waals surface area (Å²) in [4.78, 5) is 4.84. The van der Waals surface area contributed by atoms with Crippen molar-refractivity contribution in [3.63, 3.8) is 0 Å². The molecule has 12 rings (SSSR count). The maximum Gasteiger partial charge on any atom is 0.0727 e. The van der Waals surface area contributed by atoms with E-state index in [0.29, 0.717) is 0 Å². The number of rotatable bonds is 8. The lowest BCUT2D eigenvalue weighted by atomic mass is 9.70. The van der Waals surface area contributed by atoms with Crippen LogP contribution in [0, 0.1) is 0 Å². The van der Waals surface area contributed by atoms with Crippen LogP contribution in [0.1, 0.15) is 22.3 Å². The fourth-order valence-corrected chi connectivity index (χ4v) is 10.4. The first-order valence-electron chi connectivity index (χ1n) is 21.8. The molecule has 10 aromatic carbocycles. The van der Waals surface area contributed by atoms with Crippen LogP contribution in [0.25, 0.3) is 44.5 Å². The van der Waals surface area contributed by atoms with Gasteiger partial charge in [-0.05, 0) is 134 Å². The third-order valence-corrected chi connectivity index (χ3v) is 13.0. The van der Waals surface area contributed by atoms with Crippen molar-refractivity contribution in [1.29, 1.82) is 0 Å². The highest BCUT2D eigenvalue weighted by Crippen LogP contribution is 2.65. The lowest BCUT2D eigenvalue weighted by molar-refractivity contribution is 0.793. The number of fused-ring (bicyclic) bond motifs is 10. The molecule has 1 atom stereocenters. The Bertz CT molecular complexity index is 3220. The number of benzene rings is 10. The lowest BCUT2D eigenvalue weighted by Crippen LogP contribution is -2.26. The highest BCUT2D eigenvalue weighted by molar-refractivity contribution is 6.00. The smallest absolute Gasteiger partial charge is 0.0727 e. The summed E-state index contributed by atoms with van der Waals surface area (Å²) >= 11 is 0. The Morgan fingerprint density at radius 3 is 1.19 bits per heavy atom. The largest absolute Gasteiger partial charge is 0.310 e. The molecular formula is C61H42N2. The minimum atomic E-state index is -0.587. The van der Waals surface area contributed by atoms with Gasteiger partial charge >= 0.3 is 0 Å². The summed E-state index contributed by atoms with van der Waals surface area (Å²) in [6.07, 6.45) is 0. The quantitative estimate of drug-likeness (QED) is 0.151. The van der Waals surface area contributed by atoms with E-state index in [1.165, 1.54) is 66.8 Å². The zero-order chi connectivity index (χ0) is 41.7. The van der Waals surface area contributed by atoms with Crippen molar-refractivity contribution in [1.82, 2.24) is 0 Å². The first-order chi connectivity index (χ1) is 31.3. The van der Waals surface area contributed by atoms with E-state index < -0.39 is 5.41 Å². The summed E-state index contributed by atoms with van der Waals surface area (Å²) in [6, 6.07) is 93.3. The van der Waals surface area contributed by atoms with E-state index in [2.05, 4.69) is 265 Å². The second-order valence-corrected chi connectivity index (χ2v) is 16.4. The van der Waals surface area contributed by atoms with Gasteiger partial charge in [-0.3, -0.25) is 0 Å². The number of hydrogen-bond donors (Lipinski definition) is 0. The molecule has 63 heavy (non-hydrogen) atoms. The SMILES string of the molecule is c1ccc(-c2ccc(N(c3ccccc3)c3ccc4c(c3)C3(c5ccccc5-4)c4ccccc4-c4cc(-c5ccccc5)c(N(c5ccccc5)c5ccccc5)cc43)cc2)cc1. The van der Waals surface area contributed by atoms with Crippen LogP contribution >= 0.6 is 0 Å². The average molecular weight is 803 g/mol. The van der Waals surface area contributed by atoms with Gasteiger partial charge in [0.1, 0.15) is 0 Å². The first kappa shape index (κ1) is 36.6. The van der Waals surface area contributed by atoms with Crippen LogP contribution in [-0.2, 0) is 5.41 Å². The highest BCUT2D eigenvalue weighted by atomic mass is 15.1. The van der Waals surface area contributed by atoms with Gasteiger partial charge in [0.05, 0.1) is 11.1 Å². The predicted octanol–water partition coefficient (Wildman–Crippen LogP) is 16.3. The molecule has 0 heterocycles. The molecule has 0 saturated carbocycles. The van der Waals surface area contributed by atoms with Crippen molar-refractivity contribution in [3.05, 3.63) is 277 Å². The third-order valence-electron chi connectivity index (χ3n) is 13.0. The van der Waals surface area contributed by atoms with Crippen LogP contribution in [0.2, 0.25) is 0 Å². The molecule has 2 aliphatic carbocycles. The number of para-hydroxylation sites is 3. The highest BCUT2D eigenvalue weighted by Gasteiger charge is 2.52. The second-order valence-electron chi connectivity index (χ2n) is 16.4. The Kier molecular flexibility index (Phi) is 8.76. The predicted molar refractivity (Wildman–Crippen MR) is 263 cm³/mol. The molecule has 0 aliphatic heterocycles. The van der Waals surface area contributed by atoms with Gasteiger partial charge in [-0.25, -0.2) is 0 Å². The van der Waals surface area contributed by atoms with Crippen molar-refractivity contribution in [2.45, 2.75) is 5.41 Å². The summed E-state index contributed by atoms with van der Waals surface area (Å²) in [5, 5.41) is 0. The van der Waals surface area contributed by atoms with E-state index >= 15 is 0 Å². The summed E-state index contributed by atoms with van der Waals surface area (Å²) in [5.74, 6) is 0. The van der Waals surface area contributed by atoms with E-state index in [1.807, 2.05) is 0 Å². The van der Waals surface area contributed by atoms with Gasteiger partial charge in [-0.15, -0.1) is 0 Å². The van der Waals surface area contributed by atoms with Gasteiger partial charge in [0.25, 0.3) is 0 Å². The van der Waals surface area contributed by atoms with E-state index in [9.17, 15) is 0 Å². The molecule has 1 spiro atoms. The third kappa shape index (κ3) is 5.87. The zero-order valence-corrected chi connectivity index (χ0v) is 34.6. The first-order valence-corrected chi connectivity index (χ1v) is 21.8. The van der Waals surface area contributed by atoms with Crippen molar-refractivity contribution in [3.8, 4) is 44.5 Å². The molecule has 1 unspecified atom stereocenters. The topological polar surface area (TPSA) is 6.48 Å². The minimum Gasteiger partial charge on any atom is -0.310 e. The Hall–Kier alpha value is -8.20. The Labute approximate surface area is 369 Å². The molecule has 296 valence electrons. The van der Waals surface area contributed by atoms with Crippen molar-refractivity contribution in [2.75, 3.05) is 9.80 Å². The van der Waals surface area contributed by atoms with Gasteiger partial charge in [-0.1, -0.05) is 182 Å². The maximum absolute atomic E-state index is 2.52. The second kappa shape index (κ2) is 15.1. The molecule has 0 aromatic heterocycles. The zero-order valence-electron chi connectivity index (χ0n) is 34.6. The normalized spacial score (nSPS) is 14.1. The molecule has 0 radical (unpaired) electrons. The molecule has 0 fully saturated rings. The molecule has 0 amide bonds. The van der Waals surface area contributed by atoms with E-state index in [1.54, 1.807) is 0 Å². The number of anilines is 6. The number of hydrogen-bond acceptors (Lipinski definition) is 2. The minimum absolute atomic E-state index is 0.587. The fourth-order valence-electron chi connectivity index (χ4n) is 10.4. The van der Waals surface area contributed by atoms with E-state index in [0.717, 1.165) is 34.1 Å². The Balaban J connectivity index is 1.13. The van der Waals surface area contributed by atoms with Gasteiger partial charge in [0.15, 0.2) is 0 Å². The fraction of sp³-hybridized carbons (Fsp3) is 0.0164. The van der Waals surface area contributed by atoms with Crippen LogP contribution in [0.4, 0.5) is 34.1 Å². The summed E-state index contributed by atoms with van der Waals surface area (Å²) < 4.78 is 0. The van der Waals surface area contributed by atoms with E-state index in [-0.39, 0.29) is 0 Å². The monoisotopic (exact) mass is 802 g/mol. The summed E-state index contributed by atoms with van der Waals surface area (Å²) in [6.45, 7) is 0. The van der Waals surface area contributed by atoms with Crippen LogP contribution in [0.3, 0.4) is 0 Å². The van der Waals surface area contributed by atoms with Crippen LogP contribution in [0.5, 0.6) is 0 Å². The molecule has 10 aromatic rings. The van der Waals surface area contributed by atoms with Crippen LogP contribution in [0.15, 0.2) is 255 Å². The average Bonchev–Trinajstić information content (AvgIpc) is 3.82. The summed E-state index contributed by atoms with van der Waals surface area (Å²) in [7, 11) is 0. The molecule has 2 nitrogen and oxygen atoms in total. The Morgan fingerprint density at radius 2 is 0.619 bits per heavy atom. The molecule has 0 bridgehead atoms. The Morgan fingerprint density at radius 1 is 0.222 bits per heavy atom. The molecule has 0 saturated heterocycles. The van der Waals surface area contributed by atoms with Gasteiger partial charge in [-0.2, -0.15) is 0 Å². The van der Waals surface area contributed by atoms with E-state index in [4.69, 9.17) is 0 Å². The molecule has 2 aliphatic rings. The van der Waals surface area contributed by atoms with Gasteiger partial charge in [0.2, 0.25) is 0 Å². The lowest BCUT2D eigenvalue weighted by Gasteiger charge is -2.34. The molecule has 2 heteroatoms. The molecule has 0 N–H and O–H groups in total.